The monoisotopic (exact) mass is 326 g/mol. The van der Waals surface area contributed by atoms with Gasteiger partial charge in [-0.15, -0.1) is 0 Å². The average molecular weight is 326 g/mol. The SMILES string of the molecule is C[C@@H]1O[C@@H](O[C@@H]2[C@H](O)[C@H](O)[C@H](CO)O[C@@H]2O)[C@@H](O)[C@@H](O)[C@H]1O. The minimum atomic E-state index is -1.69. The summed E-state index contributed by atoms with van der Waals surface area (Å²) in [5.74, 6) is 0. The summed E-state index contributed by atoms with van der Waals surface area (Å²) in [4.78, 5) is 0. The molecule has 0 unspecified atom stereocenters. The molecule has 22 heavy (non-hydrogen) atoms. The lowest BCUT2D eigenvalue weighted by Crippen LogP contribution is -2.63. The molecule has 0 saturated carbocycles. The highest BCUT2D eigenvalue weighted by Crippen LogP contribution is 2.28. The van der Waals surface area contributed by atoms with Crippen LogP contribution in [-0.4, -0.2) is 104 Å². The van der Waals surface area contributed by atoms with Crippen LogP contribution in [0.3, 0.4) is 0 Å². The van der Waals surface area contributed by atoms with Crippen LogP contribution in [0.1, 0.15) is 6.92 Å². The van der Waals surface area contributed by atoms with E-state index in [1.54, 1.807) is 0 Å². The van der Waals surface area contributed by atoms with Crippen molar-refractivity contribution >= 4 is 0 Å². The molecule has 0 aromatic carbocycles. The zero-order valence-corrected chi connectivity index (χ0v) is 11.8. The molecule has 0 spiro atoms. The van der Waals surface area contributed by atoms with Crippen LogP contribution in [0.5, 0.6) is 0 Å². The lowest BCUT2D eigenvalue weighted by atomic mass is 9.97. The second kappa shape index (κ2) is 7.01. The lowest BCUT2D eigenvalue weighted by molar-refractivity contribution is -0.358. The van der Waals surface area contributed by atoms with Crippen LogP contribution in [0.4, 0.5) is 0 Å². The first-order chi connectivity index (χ1) is 10.3. The molecule has 2 heterocycles. The Hall–Kier alpha value is -0.400. The fourth-order valence-corrected chi connectivity index (χ4v) is 2.50. The van der Waals surface area contributed by atoms with Gasteiger partial charge in [0, 0.05) is 0 Å². The third kappa shape index (κ3) is 3.26. The standard InChI is InChI=1S/C12H22O10/c1-3-5(14)7(16)9(18)12(20-3)22-10-8(17)6(15)4(2-13)21-11(10)19/h3-19H,2H2,1H3/t3-,4-,5-,6+,7-,8+,9-,10+,11-,12-/m0/s1. The maximum absolute atomic E-state index is 9.93. The van der Waals surface area contributed by atoms with Gasteiger partial charge in [-0.05, 0) is 6.92 Å². The summed E-state index contributed by atoms with van der Waals surface area (Å²) in [5, 5.41) is 67.5. The Morgan fingerprint density at radius 3 is 2.05 bits per heavy atom. The highest BCUT2D eigenvalue weighted by molar-refractivity contribution is 4.92. The lowest BCUT2D eigenvalue weighted by Gasteiger charge is -2.44. The van der Waals surface area contributed by atoms with Crippen LogP contribution in [0.2, 0.25) is 0 Å². The van der Waals surface area contributed by atoms with Crippen molar-refractivity contribution in [2.75, 3.05) is 6.61 Å². The summed E-state index contributed by atoms with van der Waals surface area (Å²) < 4.78 is 15.3. The summed E-state index contributed by atoms with van der Waals surface area (Å²) in [6, 6.07) is 0. The number of rotatable bonds is 3. The van der Waals surface area contributed by atoms with Crippen molar-refractivity contribution in [2.24, 2.45) is 0 Å². The van der Waals surface area contributed by atoms with Gasteiger partial charge >= 0.3 is 0 Å². The molecule has 10 atom stereocenters. The summed E-state index contributed by atoms with van der Waals surface area (Å²) >= 11 is 0. The first kappa shape index (κ1) is 17.9. The third-order valence-electron chi connectivity index (χ3n) is 3.94. The summed E-state index contributed by atoms with van der Waals surface area (Å²) in [6.45, 7) is 0.823. The topological polar surface area (TPSA) is 169 Å². The van der Waals surface area contributed by atoms with E-state index < -0.39 is 68.0 Å². The normalized spacial score (nSPS) is 53.5. The van der Waals surface area contributed by atoms with Gasteiger partial charge in [-0.1, -0.05) is 0 Å². The average Bonchev–Trinajstić information content (AvgIpc) is 2.49. The quantitative estimate of drug-likeness (QED) is 0.269. The Kier molecular flexibility index (Phi) is 5.72. The zero-order chi connectivity index (χ0) is 16.6. The maximum Gasteiger partial charge on any atom is 0.187 e. The fraction of sp³-hybridized carbons (Fsp3) is 1.00. The first-order valence-electron chi connectivity index (χ1n) is 6.93. The highest BCUT2D eigenvalue weighted by atomic mass is 16.7. The second-order valence-electron chi connectivity index (χ2n) is 5.51. The van der Waals surface area contributed by atoms with Crippen LogP contribution in [0.25, 0.3) is 0 Å². The van der Waals surface area contributed by atoms with Crippen molar-refractivity contribution in [2.45, 2.75) is 68.3 Å². The van der Waals surface area contributed by atoms with Crippen LogP contribution < -0.4 is 0 Å². The van der Waals surface area contributed by atoms with Crippen molar-refractivity contribution in [1.29, 1.82) is 0 Å². The van der Waals surface area contributed by atoms with E-state index in [2.05, 4.69) is 0 Å². The molecular weight excluding hydrogens is 304 g/mol. The van der Waals surface area contributed by atoms with E-state index in [1.807, 2.05) is 0 Å². The third-order valence-corrected chi connectivity index (χ3v) is 3.94. The number of aliphatic hydroxyl groups excluding tert-OH is 7. The predicted molar refractivity (Wildman–Crippen MR) is 67.2 cm³/mol. The molecule has 0 aromatic heterocycles. The Balaban J connectivity index is 2.06. The van der Waals surface area contributed by atoms with E-state index in [0.717, 1.165) is 0 Å². The summed E-state index contributed by atoms with van der Waals surface area (Å²) in [5.41, 5.74) is 0. The number of aliphatic hydroxyl groups is 7. The maximum atomic E-state index is 9.93. The molecule has 0 radical (unpaired) electrons. The van der Waals surface area contributed by atoms with E-state index >= 15 is 0 Å². The number of hydrogen-bond acceptors (Lipinski definition) is 10. The molecule has 0 amide bonds. The van der Waals surface area contributed by atoms with Gasteiger partial charge in [-0.3, -0.25) is 0 Å². The largest absolute Gasteiger partial charge is 0.394 e. The molecule has 2 aliphatic rings. The van der Waals surface area contributed by atoms with Gasteiger partial charge in [0.2, 0.25) is 0 Å². The van der Waals surface area contributed by atoms with E-state index in [-0.39, 0.29) is 0 Å². The Morgan fingerprint density at radius 1 is 0.818 bits per heavy atom. The van der Waals surface area contributed by atoms with Crippen LogP contribution in [-0.2, 0) is 14.2 Å². The highest BCUT2D eigenvalue weighted by Gasteiger charge is 2.49. The zero-order valence-electron chi connectivity index (χ0n) is 11.8. The van der Waals surface area contributed by atoms with Crippen molar-refractivity contribution in [3.05, 3.63) is 0 Å². The van der Waals surface area contributed by atoms with Crippen LogP contribution in [0.15, 0.2) is 0 Å². The molecule has 10 heteroatoms. The summed E-state index contributed by atoms with van der Waals surface area (Å²) in [7, 11) is 0. The molecule has 130 valence electrons. The van der Waals surface area contributed by atoms with Gasteiger partial charge in [-0.2, -0.15) is 0 Å². The summed E-state index contributed by atoms with van der Waals surface area (Å²) in [6.07, 6.45) is -14.3. The van der Waals surface area contributed by atoms with Gasteiger partial charge in [-0.25, -0.2) is 0 Å². The molecule has 2 fully saturated rings. The van der Waals surface area contributed by atoms with Gasteiger partial charge in [0.15, 0.2) is 12.6 Å². The molecule has 2 aliphatic heterocycles. The Labute approximate surface area is 126 Å². The second-order valence-corrected chi connectivity index (χ2v) is 5.51. The van der Waals surface area contributed by atoms with Crippen LogP contribution >= 0.6 is 0 Å². The van der Waals surface area contributed by atoms with Gasteiger partial charge in [0.1, 0.15) is 42.7 Å². The number of hydrogen-bond donors (Lipinski definition) is 7. The molecule has 2 saturated heterocycles. The molecule has 2 rings (SSSR count). The Morgan fingerprint density at radius 2 is 1.45 bits per heavy atom. The van der Waals surface area contributed by atoms with Crippen LogP contribution in [0, 0.1) is 0 Å². The first-order valence-corrected chi connectivity index (χ1v) is 6.93. The van der Waals surface area contributed by atoms with Gasteiger partial charge in [0.25, 0.3) is 0 Å². The molecule has 0 aromatic rings. The van der Waals surface area contributed by atoms with E-state index in [1.165, 1.54) is 6.92 Å². The van der Waals surface area contributed by atoms with E-state index in [9.17, 15) is 30.6 Å². The Bertz CT molecular complexity index is 368. The van der Waals surface area contributed by atoms with Gasteiger partial charge < -0.3 is 50.0 Å². The molecular formula is C12H22O10. The molecule has 10 nitrogen and oxygen atoms in total. The molecule has 7 N–H and O–H groups in total. The van der Waals surface area contributed by atoms with E-state index in [0.29, 0.717) is 0 Å². The fourth-order valence-electron chi connectivity index (χ4n) is 2.50. The van der Waals surface area contributed by atoms with E-state index in [4.69, 9.17) is 19.3 Å². The molecule has 0 aliphatic carbocycles. The van der Waals surface area contributed by atoms with Crippen molar-refractivity contribution in [3.63, 3.8) is 0 Å². The van der Waals surface area contributed by atoms with Gasteiger partial charge in [0.05, 0.1) is 12.7 Å². The van der Waals surface area contributed by atoms with Crippen molar-refractivity contribution in [3.8, 4) is 0 Å². The smallest absolute Gasteiger partial charge is 0.187 e. The van der Waals surface area contributed by atoms with Crippen molar-refractivity contribution < 1.29 is 50.0 Å². The minimum Gasteiger partial charge on any atom is -0.394 e. The minimum absolute atomic E-state index is 0.619. The van der Waals surface area contributed by atoms with Crippen molar-refractivity contribution in [1.82, 2.24) is 0 Å². The molecule has 0 bridgehead atoms. The number of ether oxygens (including phenoxy) is 3. The predicted octanol–water partition coefficient (Wildman–Crippen LogP) is -4.37.